The number of aromatic amines is 1. The lowest BCUT2D eigenvalue weighted by Gasteiger charge is -2.16. The molecule has 0 saturated heterocycles. The molecule has 0 fully saturated rings. The van der Waals surface area contributed by atoms with E-state index in [2.05, 4.69) is 24.1 Å². The lowest BCUT2D eigenvalue weighted by atomic mass is 9.98. The molecular weight excluding hydrogens is 252 g/mol. The Morgan fingerprint density at radius 1 is 1.25 bits per heavy atom. The van der Waals surface area contributed by atoms with Gasteiger partial charge in [-0.25, -0.2) is 0 Å². The molecule has 2 N–H and O–H groups in total. The van der Waals surface area contributed by atoms with E-state index in [0.717, 1.165) is 16.8 Å². The molecule has 1 heterocycles. The van der Waals surface area contributed by atoms with Crippen LogP contribution in [0.2, 0.25) is 0 Å². The Balaban J connectivity index is 2.29. The van der Waals surface area contributed by atoms with Gasteiger partial charge in [0.05, 0.1) is 5.69 Å². The van der Waals surface area contributed by atoms with E-state index in [1.165, 1.54) is 0 Å². The second-order valence-corrected chi connectivity index (χ2v) is 5.09. The summed E-state index contributed by atoms with van der Waals surface area (Å²) in [6.45, 7) is 6.14. The summed E-state index contributed by atoms with van der Waals surface area (Å²) in [7, 11) is 0. The van der Waals surface area contributed by atoms with Crippen molar-refractivity contribution in [3.63, 3.8) is 0 Å². The van der Waals surface area contributed by atoms with Gasteiger partial charge in [-0.1, -0.05) is 32.0 Å². The number of amides is 1. The molecule has 0 unspecified atom stereocenters. The Labute approximate surface area is 118 Å². The van der Waals surface area contributed by atoms with Crippen molar-refractivity contribution in [2.75, 3.05) is 5.32 Å². The molecule has 0 spiro atoms. The third-order valence-corrected chi connectivity index (χ3v) is 3.25. The van der Waals surface area contributed by atoms with Crippen LogP contribution in [0.1, 0.15) is 51.9 Å². The SMILES string of the molecule is Cc1cccc(C(C)C)c1NC(=O)c1ccc(C=O)[nH]1. The fourth-order valence-electron chi connectivity index (χ4n) is 2.14. The summed E-state index contributed by atoms with van der Waals surface area (Å²) < 4.78 is 0. The summed E-state index contributed by atoms with van der Waals surface area (Å²) in [5.74, 6) is 0.0775. The Kier molecular flexibility index (Phi) is 4.03. The van der Waals surface area contributed by atoms with Crippen molar-refractivity contribution in [3.8, 4) is 0 Å². The molecule has 0 aliphatic heterocycles. The normalized spacial score (nSPS) is 10.6. The van der Waals surface area contributed by atoms with E-state index in [1.54, 1.807) is 12.1 Å². The number of hydrogen-bond donors (Lipinski definition) is 2. The van der Waals surface area contributed by atoms with Gasteiger partial charge in [-0.3, -0.25) is 9.59 Å². The minimum absolute atomic E-state index is 0.241. The van der Waals surface area contributed by atoms with Crippen LogP contribution in [-0.2, 0) is 0 Å². The van der Waals surface area contributed by atoms with Gasteiger partial charge in [-0.15, -0.1) is 0 Å². The number of H-pyrrole nitrogens is 1. The average Bonchev–Trinajstić information content (AvgIpc) is 2.89. The van der Waals surface area contributed by atoms with Crippen molar-refractivity contribution in [3.05, 3.63) is 52.8 Å². The number of aldehydes is 1. The number of anilines is 1. The van der Waals surface area contributed by atoms with Crippen molar-refractivity contribution in [2.45, 2.75) is 26.7 Å². The molecule has 2 aromatic rings. The van der Waals surface area contributed by atoms with Crippen molar-refractivity contribution in [1.82, 2.24) is 4.98 Å². The third-order valence-electron chi connectivity index (χ3n) is 3.25. The molecule has 0 aliphatic carbocycles. The second-order valence-electron chi connectivity index (χ2n) is 5.09. The summed E-state index contributed by atoms with van der Waals surface area (Å²) in [5.41, 5.74) is 3.73. The van der Waals surface area contributed by atoms with Crippen LogP contribution in [0.15, 0.2) is 30.3 Å². The van der Waals surface area contributed by atoms with E-state index in [9.17, 15) is 9.59 Å². The number of rotatable bonds is 4. The van der Waals surface area contributed by atoms with Gasteiger partial charge in [0, 0.05) is 5.69 Å². The van der Waals surface area contributed by atoms with Crippen LogP contribution in [0.4, 0.5) is 5.69 Å². The van der Waals surface area contributed by atoms with Crippen molar-refractivity contribution in [2.24, 2.45) is 0 Å². The molecular formula is C16H18N2O2. The maximum absolute atomic E-state index is 12.2. The highest BCUT2D eigenvalue weighted by atomic mass is 16.2. The quantitative estimate of drug-likeness (QED) is 0.835. The summed E-state index contributed by atoms with van der Waals surface area (Å²) >= 11 is 0. The lowest BCUT2D eigenvalue weighted by molar-refractivity contribution is 0.102. The van der Waals surface area contributed by atoms with Crippen LogP contribution in [0, 0.1) is 6.92 Å². The van der Waals surface area contributed by atoms with Crippen LogP contribution in [0.5, 0.6) is 0 Å². The van der Waals surface area contributed by atoms with Gasteiger partial charge in [-0.2, -0.15) is 0 Å². The number of benzene rings is 1. The predicted molar refractivity (Wildman–Crippen MR) is 79.4 cm³/mol. The maximum Gasteiger partial charge on any atom is 0.272 e. The summed E-state index contributed by atoms with van der Waals surface area (Å²) in [6, 6.07) is 9.15. The molecule has 1 aromatic heterocycles. The molecule has 1 amide bonds. The largest absolute Gasteiger partial charge is 0.348 e. The zero-order valence-corrected chi connectivity index (χ0v) is 11.9. The Morgan fingerprint density at radius 2 is 2.00 bits per heavy atom. The minimum atomic E-state index is -0.241. The monoisotopic (exact) mass is 270 g/mol. The molecule has 104 valence electrons. The first-order valence-corrected chi connectivity index (χ1v) is 6.58. The molecule has 2 rings (SSSR count). The van der Waals surface area contributed by atoms with Crippen molar-refractivity contribution >= 4 is 17.9 Å². The first kappa shape index (κ1) is 14.1. The van der Waals surface area contributed by atoms with Crippen molar-refractivity contribution in [1.29, 1.82) is 0 Å². The van der Waals surface area contributed by atoms with E-state index in [1.807, 2.05) is 25.1 Å². The third kappa shape index (κ3) is 2.79. The van der Waals surface area contributed by atoms with Crippen LogP contribution < -0.4 is 5.32 Å². The number of nitrogens with one attached hydrogen (secondary N) is 2. The van der Waals surface area contributed by atoms with Gasteiger partial charge in [0.1, 0.15) is 5.69 Å². The lowest BCUT2D eigenvalue weighted by Crippen LogP contribution is -2.15. The maximum atomic E-state index is 12.2. The number of para-hydroxylation sites is 1. The molecule has 0 bridgehead atoms. The Morgan fingerprint density at radius 3 is 2.60 bits per heavy atom. The molecule has 0 saturated carbocycles. The fraction of sp³-hybridized carbons (Fsp3) is 0.250. The Bertz CT molecular complexity index is 642. The molecule has 1 aromatic carbocycles. The molecule has 0 aliphatic rings. The predicted octanol–water partition coefficient (Wildman–Crippen LogP) is 3.51. The molecule has 4 nitrogen and oxygen atoms in total. The topological polar surface area (TPSA) is 62.0 Å². The van der Waals surface area contributed by atoms with Crippen LogP contribution in [0.3, 0.4) is 0 Å². The fourth-order valence-corrected chi connectivity index (χ4v) is 2.14. The molecule has 0 radical (unpaired) electrons. The van der Waals surface area contributed by atoms with E-state index in [-0.39, 0.29) is 5.91 Å². The molecule has 0 atom stereocenters. The van der Waals surface area contributed by atoms with Gasteiger partial charge >= 0.3 is 0 Å². The first-order chi connectivity index (χ1) is 9.52. The first-order valence-electron chi connectivity index (χ1n) is 6.58. The van der Waals surface area contributed by atoms with Gasteiger partial charge < -0.3 is 10.3 Å². The number of aromatic nitrogens is 1. The smallest absolute Gasteiger partial charge is 0.272 e. The molecule has 20 heavy (non-hydrogen) atoms. The number of aryl methyl sites for hydroxylation is 1. The second kappa shape index (κ2) is 5.74. The number of carbonyl (C=O) groups excluding carboxylic acids is 2. The van der Waals surface area contributed by atoms with Crippen LogP contribution in [0.25, 0.3) is 0 Å². The summed E-state index contributed by atoms with van der Waals surface area (Å²) in [4.78, 5) is 25.6. The summed E-state index contributed by atoms with van der Waals surface area (Å²) in [5, 5.41) is 2.93. The highest BCUT2D eigenvalue weighted by Crippen LogP contribution is 2.27. The zero-order chi connectivity index (χ0) is 14.7. The van der Waals surface area contributed by atoms with Gasteiger partial charge in [0.25, 0.3) is 5.91 Å². The van der Waals surface area contributed by atoms with Crippen LogP contribution >= 0.6 is 0 Å². The standard InChI is InChI=1S/C16H18N2O2/c1-10(2)13-6-4-5-11(3)15(13)18-16(20)14-8-7-12(9-19)17-14/h4-10,17H,1-3H3,(H,18,20). The summed E-state index contributed by atoms with van der Waals surface area (Å²) in [6.07, 6.45) is 0.685. The number of hydrogen-bond acceptors (Lipinski definition) is 2. The highest BCUT2D eigenvalue weighted by molar-refractivity contribution is 6.04. The minimum Gasteiger partial charge on any atom is -0.348 e. The number of carbonyl (C=O) groups is 2. The zero-order valence-electron chi connectivity index (χ0n) is 11.9. The van der Waals surface area contributed by atoms with Crippen molar-refractivity contribution < 1.29 is 9.59 Å². The van der Waals surface area contributed by atoms with Crippen LogP contribution in [-0.4, -0.2) is 17.2 Å². The van der Waals surface area contributed by atoms with E-state index < -0.39 is 0 Å². The van der Waals surface area contributed by atoms with Gasteiger partial charge in [0.2, 0.25) is 0 Å². The van der Waals surface area contributed by atoms with Gasteiger partial charge in [-0.05, 0) is 36.1 Å². The van der Waals surface area contributed by atoms with E-state index >= 15 is 0 Å². The van der Waals surface area contributed by atoms with Gasteiger partial charge in [0.15, 0.2) is 6.29 Å². The Hall–Kier alpha value is -2.36. The van der Waals surface area contributed by atoms with E-state index in [0.29, 0.717) is 23.6 Å². The average molecular weight is 270 g/mol. The highest BCUT2D eigenvalue weighted by Gasteiger charge is 2.14. The molecule has 4 heteroatoms. The van der Waals surface area contributed by atoms with E-state index in [4.69, 9.17) is 0 Å².